The van der Waals surface area contributed by atoms with E-state index < -0.39 is 0 Å². The van der Waals surface area contributed by atoms with Crippen molar-refractivity contribution in [2.75, 3.05) is 34.0 Å². The highest BCUT2D eigenvalue weighted by atomic mass is 16.5. The summed E-state index contributed by atoms with van der Waals surface area (Å²) in [7, 11) is 3.24. The Morgan fingerprint density at radius 2 is 2.13 bits per heavy atom. The van der Waals surface area contributed by atoms with Crippen molar-refractivity contribution >= 4 is 5.91 Å². The fraction of sp³-hybridized carbons (Fsp3) is 0.900. The molecule has 0 aliphatic rings. The Labute approximate surface area is 91.3 Å². The summed E-state index contributed by atoms with van der Waals surface area (Å²) in [5.74, 6) is 0.0301. The van der Waals surface area contributed by atoms with Crippen LogP contribution in [-0.4, -0.2) is 45.9 Å². The maximum absolute atomic E-state index is 11.4. The molecule has 0 aliphatic carbocycles. The SMILES string of the molecule is COCCCC(=O)NC(CCN)COC. The molecule has 3 N–H and O–H groups in total. The van der Waals surface area contributed by atoms with Crippen LogP contribution < -0.4 is 11.1 Å². The van der Waals surface area contributed by atoms with E-state index in [0.29, 0.717) is 26.2 Å². The molecule has 1 atom stereocenters. The monoisotopic (exact) mass is 218 g/mol. The van der Waals surface area contributed by atoms with Gasteiger partial charge in [0.1, 0.15) is 0 Å². The van der Waals surface area contributed by atoms with Crippen LogP contribution in [0.15, 0.2) is 0 Å². The standard InChI is InChI=1S/C10H22N2O3/c1-14-7-3-4-10(13)12-9(5-6-11)8-15-2/h9H,3-8,11H2,1-2H3,(H,12,13). The van der Waals surface area contributed by atoms with Gasteiger partial charge in [-0.3, -0.25) is 4.79 Å². The summed E-state index contributed by atoms with van der Waals surface area (Å²) in [6.07, 6.45) is 1.97. The van der Waals surface area contributed by atoms with Crippen molar-refractivity contribution in [3.63, 3.8) is 0 Å². The predicted octanol–water partition coefficient (Wildman–Crippen LogP) is -0.107. The maximum Gasteiger partial charge on any atom is 0.220 e. The van der Waals surface area contributed by atoms with Crippen LogP contribution in [-0.2, 0) is 14.3 Å². The van der Waals surface area contributed by atoms with Gasteiger partial charge in [-0.15, -0.1) is 0 Å². The Morgan fingerprint density at radius 1 is 1.40 bits per heavy atom. The van der Waals surface area contributed by atoms with Crippen molar-refractivity contribution in [1.82, 2.24) is 5.32 Å². The summed E-state index contributed by atoms with van der Waals surface area (Å²) in [6, 6.07) is 0.0232. The lowest BCUT2D eigenvalue weighted by Crippen LogP contribution is -2.39. The first-order chi connectivity index (χ1) is 7.24. The lowest BCUT2D eigenvalue weighted by atomic mass is 10.2. The number of hydrogen-bond donors (Lipinski definition) is 2. The lowest BCUT2D eigenvalue weighted by Gasteiger charge is -2.16. The van der Waals surface area contributed by atoms with Crippen LogP contribution in [0.4, 0.5) is 0 Å². The number of amides is 1. The third-order valence-electron chi connectivity index (χ3n) is 2.00. The van der Waals surface area contributed by atoms with Gasteiger partial charge in [0, 0.05) is 27.2 Å². The van der Waals surface area contributed by atoms with E-state index >= 15 is 0 Å². The molecule has 90 valence electrons. The molecule has 0 aromatic rings. The molecule has 1 amide bonds. The second kappa shape index (κ2) is 9.89. The van der Waals surface area contributed by atoms with Gasteiger partial charge < -0.3 is 20.5 Å². The van der Waals surface area contributed by atoms with Gasteiger partial charge in [0.15, 0.2) is 0 Å². The van der Waals surface area contributed by atoms with E-state index in [4.69, 9.17) is 15.2 Å². The van der Waals surface area contributed by atoms with E-state index in [1.54, 1.807) is 14.2 Å². The molecule has 0 spiro atoms. The zero-order chi connectivity index (χ0) is 11.5. The third-order valence-corrected chi connectivity index (χ3v) is 2.00. The highest BCUT2D eigenvalue weighted by molar-refractivity contribution is 5.76. The van der Waals surface area contributed by atoms with Gasteiger partial charge in [0.25, 0.3) is 0 Å². The molecule has 0 bridgehead atoms. The molecule has 0 saturated heterocycles. The van der Waals surface area contributed by atoms with E-state index in [-0.39, 0.29) is 11.9 Å². The van der Waals surface area contributed by atoms with Crippen LogP contribution in [0.1, 0.15) is 19.3 Å². The van der Waals surface area contributed by atoms with Gasteiger partial charge in [-0.25, -0.2) is 0 Å². The summed E-state index contributed by atoms with van der Waals surface area (Å²) in [5, 5.41) is 2.88. The largest absolute Gasteiger partial charge is 0.385 e. The number of carbonyl (C=O) groups excluding carboxylic acids is 1. The van der Waals surface area contributed by atoms with Crippen molar-refractivity contribution in [3.05, 3.63) is 0 Å². The van der Waals surface area contributed by atoms with Crippen LogP contribution in [0.5, 0.6) is 0 Å². The van der Waals surface area contributed by atoms with E-state index in [1.165, 1.54) is 0 Å². The lowest BCUT2D eigenvalue weighted by molar-refractivity contribution is -0.122. The predicted molar refractivity (Wildman–Crippen MR) is 58.6 cm³/mol. The Kier molecular flexibility index (Phi) is 9.46. The second-order valence-corrected chi connectivity index (χ2v) is 3.39. The Balaban J connectivity index is 3.67. The highest BCUT2D eigenvalue weighted by Gasteiger charge is 2.10. The van der Waals surface area contributed by atoms with Crippen molar-refractivity contribution in [3.8, 4) is 0 Å². The highest BCUT2D eigenvalue weighted by Crippen LogP contribution is 1.95. The number of carbonyl (C=O) groups is 1. The molecule has 0 rings (SSSR count). The first-order valence-corrected chi connectivity index (χ1v) is 5.21. The molecule has 5 heteroatoms. The van der Waals surface area contributed by atoms with Crippen LogP contribution in [0.3, 0.4) is 0 Å². The maximum atomic E-state index is 11.4. The number of nitrogens with two attached hydrogens (primary N) is 1. The fourth-order valence-electron chi connectivity index (χ4n) is 1.28. The van der Waals surface area contributed by atoms with Gasteiger partial charge in [-0.2, -0.15) is 0 Å². The number of methoxy groups -OCH3 is 2. The Morgan fingerprint density at radius 3 is 2.67 bits per heavy atom. The summed E-state index contributed by atoms with van der Waals surface area (Å²) in [4.78, 5) is 11.4. The van der Waals surface area contributed by atoms with Gasteiger partial charge in [0.2, 0.25) is 5.91 Å². The molecule has 0 radical (unpaired) electrons. The molecule has 15 heavy (non-hydrogen) atoms. The van der Waals surface area contributed by atoms with E-state index in [1.807, 2.05) is 0 Å². The molecule has 1 unspecified atom stereocenters. The summed E-state index contributed by atoms with van der Waals surface area (Å²) >= 11 is 0. The average molecular weight is 218 g/mol. The molecule has 5 nitrogen and oxygen atoms in total. The quantitative estimate of drug-likeness (QED) is 0.530. The van der Waals surface area contributed by atoms with E-state index in [2.05, 4.69) is 5.32 Å². The Hall–Kier alpha value is -0.650. The number of hydrogen-bond acceptors (Lipinski definition) is 4. The minimum atomic E-state index is 0.0232. The number of nitrogens with one attached hydrogen (secondary N) is 1. The fourth-order valence-corrected chi connectivity index (χ4v) is 1.28. The molecule has 0 heterocycles. The second-order valence-electron chi connectivity index (χ2n) is 3.39. The normalized spacial score (nSPS) is 12.5. The van der Waals surface area contributed by atoms with Crippen LogP contribution in [0, 0.1) is 0 Å². The van der Waals surface area contributed by atoms with Crippen LogP contribution in [0.25, 0.3) is 0 Å². The van der Waals surface area contributed by atoms with Gasteiger partial charge in [-0.1, -0.05) is 0 Å². The van der Waals surface area contributed by atoms with Crippen molar-refractivity contribution in [1.29, 1.82) is 0 Å². The molecule has 0 aliphatic heterocycles. The summed E-state index contributed by atoms with van der Waals surface area (Å²) in [6.45, 7) is 1.67. The van der Waals surface area contributed by atoms with E-state index in [9.17, 15) is 4.79 Å². The van der Waals surface area contributed by atoms with Gasteiger partial charge >= 0.3 is 0 Å². The minimum absolute atomic E-state index is 0.0232. The topological polar surface area (TPSA) is 73.6 Å². The Bertz CT molecular complexity index is 159. The molecule has 0 aromatic carbocycles. The van der Waals surface area contributed by atoms with Crippen LogP contribution in [0.2, 0.25) is 0 Å². The summed E-state index contributed by atoms with van der Waals surface area (Å²) in [5.41, 5.74) is 5.43. The minimum Gasteiger partial charge on any atom is -0.385 e. The van der Waals surface area contributed by atoms with Gasteiger partial charge in [0.05, 0.1) is 12.6 Å². The first kappa shape index (κ1) is 14.3. The van der Waals surface area contributed by atoms with Crippen molar-refractivity contribution < 1.29 is 14.3 Å². The van der Waals surface area contributed by atoms with Crippen LogP contribution >= 0.6 is 0 Å². The molecular formula is C10H22N2O3. The molecular weight excluding hydrogens is 196 g/mol. The first-order valence-electron chi connectivity index (χ1n) is 5.21. The number of rotatable bonds is 9. The van der Waals surface area contributed by atoms with Gasteiger partial charge in [-0.05, 0) is 19.4 Å². The molecule has 0 saturated carbocycles. The van der Waals surface area contributed by atoms with Crippen molar-refractivity contribution in [2.45, 2.75) is 25.3 Å². The van der Waals surface area contributed by atoms with Crippen molar-refractivity contribution in [2.24, 2.45) is 5.73 Å². The van der Waals surface area contributed by atoms with E-state index in [0.717, 1.165) is 12.8 Å². The number of ether oxygens (including phenoxy) is 2. The summed E-state index contributed by atoms with van der Waals surface area (Å²) < 4.78 is 9.86. The zero-order valence-electron chi connectivity index (χ0n) is 9.62. The molecule has 0 fully saturated rings. The zero-order valence-corrected chi connectivity index (χ0v) is 9.62. The third kappa shape index (κ3) is 8.35. The molecule has 0 aromatic heterocycles. The average Bonchev–Trinajstić information content (AvgIpc) is 2.19. The smallest absolute Gasteiger partial charge is 0.220 e.